The summed E-state index contributed by atoms with van der Waals surface area (Å²) in [5.74, 6) is 0.768. The predicted octanol–water partition coefficient (Wildman–Crippen LogP) is 5.72. The Morgan fingerprint density at radius 2 is 1.77 bits per heavy atom. The Hall–Kier alpha value is -2.99. The van der Waals surface area contributed by atoms with Crippen LogP contribution in [0, 0.1) is 0 Å². The Morgan fingerprint density at radius 1 is 1.00 bits per heavy atom. The maximum atomic E-state index is 13.1. The van der Waals surface area contributed by atoms with E-state index in [1.54, 1.807) is 18.2 Å². The molecule has 0 saturated carbocycles. The van der Waals surface area contributed by atoms with Gasteiger partial charge in [-0.05, 0) is 81.6 Å². The van der Waals surface area contributed by atoms with Gasteiger partial charge < -0.3 is 9.30 Å². The Balaban J connectivity index is 1.51. The minimum Gasteiger partial charge on any atom is -0.488 e. The maximum Gasteiger partial charge on any atom is 0.261 e. The second-order valence-electron chi connectivity index (χ2n) is 8.73. The molecule has 0 spiro atoms. The topological polar surface area (TPSA) is 60.3 Å². The molecule has 0 bridgehead atoms. The zero-order chi connectivity index (χ0) is 21.8. The number of aryl methyl sites for hydroxylation is 2. The number of fused-ring (bicyclic) bond motifs is 4. The Kier molecular flexibility index (Phi) is 4.52. The van der Waals surface area contributed by atoms with Gasteiger partial charge in [-0.3, -0.25) is 4.72 Å². The normalized spacial score (nSPS) is 15.6. The summed E-state index contributed by atoms with van der Waals surface area (Å²) >= 11 is 0. The summed E-state index contributed by atoms with van der Waals surface area (Å²) < 4.78 is 37.2. The van der Waals surface area contributed by atoms with E-state index in [2.05, 4.69) is 28.3 Å². The highest BCUT2D eigenvalue weighted by Gasteiger charge is 2.28. The molecule has 4 aromatic rings. The van der Waals surface area contributed by atoms with Crippen LogP contribution in [0.2, 0.25) is 0 Å². The molecule has 0 atom stereocenters. The van der Waals surface area contributed by atoms with Gasteiger partial charge in [-0.25, -0.2) is 8.42 Å². The molecule has 1 aliphatic heterocycles. The molecule has 0 radical (unpaired) electrons. The first-order valence-corrected chi connectivity index (χ1v) is 12.1. The van der Waals surface area contributed by atoms with E-state index in [1.807, 2.05) is 44.2 Å². The molecule has 31 heavy (non-hydrogen) atoms. The summed E-state index contributed by atoms with van der Waals surface area (Å²) in [4.78, 5) is 0.255. The van der Waals surface area contributed by atoms with Crippen LogP contribution < -0.4 is 9.46 Å². The van der Waals surface area contributed by atoms with E-state index in [1.165, 1.54) is 0 Å². The lowest BCUT2D eigenvalue weighted by molar-refractivity contribution is 0.0845. The highest BCUT2D eigenvalue weighted by Crippen LogP contribution is 2.35. The number of para-hydroxylation sites is 1. The molecule has 0 fully saturated rings. The van der Waals surface area contributed by atoms with Crippen molar-refractivity contribution < 1.29 is 13.2 Å². The predicted molar refractivity (Wildman–Crippen MR) is 125 cm³/mol. The molecule has 6 heteroatoms. The second kappa shape index (κ2) is 7.02. The number of hydrogen-bond donors (Lipinski definition) is 1. The van der Waals surface area contributed by atoms with Crippen molar-refractivity contribution in [2.24, 2.45) is 0 Å². The first-order chi connectivity index (χ1) is 14.8. The fourth-order valence-electron chi connectivity index (χ4n) is 4.47. The first kappa shape index (κ1) is 19.9. The maximum absolute atomic E-state index is 13.1. The van der Waals surface area contributed by atoms with Crippen molar-refractivity contribution in [1.29, 1.82) is 0 Å². The van der Waals surface area contributed by atoms with Crippen molar-refractivity contribution in [2.75, 3.05) is 4.72 Å². The molecule has 3 aromatic carbocycles. The standard InChI is InChI=1S/C25H26N2O3S/c1-4-27-22-8-6-5-7-20(22)21-16-18(9-11-23(21)27)26-31(28,29)19-10-12-24-17(15-19)13-14-25(2,3)30-24/h5-12,15-16,26H,4,13-14H2,1-3H3. The smallest absolute Gasteiger partial charge is 0.261 e. The fraction of sp³-hybridized carbons (Fsp3) is 0.280. The van der Waals surface area contributed by atoms with E-state index in [-0.39, 0.29) is 10.5 Å². The van der Waals surface area contributed by atoms with Crippen molar-refractivity contribution in [3.63, 3.8) is 0 Å². The van der Waals surface area contributed by atoms with Gasteiger partial charge in [-0.2, -0.15) is 0 Å². The molecule has 5 nitrogen and oxygen atoms in total. The van der Waals surface area contributed by atoms with E-state index >= 15 is 0 Å². The largest absolute Gasteiger partial charge is 0.488 e. The molecule has 0 unspecified atom stereocenters. The number of sulfonamides is 1. The quantitative estimate of drug-likeness (QED) is 0.447. The van der Waals surface area contributed by atoms with Crippen molar-refractivity contribution in [2.45, 2.75) is 50.7 Å². The average Bonchev–Trinajstić information content (AvgIpc) is 3.05. The van der Waals surface area contributed by atoms with E-state index < -0.39 is 10.0 Å². The third kappa shape index (κ3) is 3.45. The third-order valence-electron chi connectivity index (χ3n) is 6.07. The number of nitrogens with zero attached hydrogens (tertiary/aromatic N) is 1. The van der Waals surface area contributed by atoms with E-state index in [9.17, 15) is 8.42 Å². The number of aromatic nitrogens is 1. The Bertz CT molecular complexity index is 1420. The number of ether oxygens (including phenoxy) is 1. The zero-order valence-corrected chi connectivity index (χ0v) is 18.8. The Labute approximate surface area is 182 Å². The molecule has 2 heterocycles. The summed E-state index contributed by atoms with van der Waals surface area (Å²) in [7, 11) is -3.71. The van der Waals surface area contributed by atoms with Crippen LogP contribution in [-0.2, 0) is 23.0 Å². The van der Waals surface area contributed by atoms with Gasteiger partial charge in [0.1, 0.15) is 11.4 Å². The van der Waals surface area contributed by atoms with Crippen LogP contribution in [0.3, 0.4) is 0 Å². The molecular weight excluding hydrogens is 408 g/mol. The van der Waals surface area contributed by atoms with Crippen LogP contribution in [0.15, 0.2) is 65.6 Å². The molecule has 5 rings (SSSR count). The van der Waals surface area contributed by atoms with Crippen LogP contribution in [0.25, 0.3) is 21.8 Å². The fourth-order valence-corrected chi connectivity index (χ4v) is 5.57. The second-order valence-corrected chi connectivity index (χ2v) is 10.4. The van der Waals surface area contributed by atoms with Gasteiger partial charge in [0, 0.05) is 34.0 Å². The molecule has 1 aromatic heterocycles. The van der Waals surface area contributed by atoms with Crippen LogP contribution in [0.4, 0.5) is 5.69 Å². The van der Waals surface area contributed by atoms with Gasteiger partial charge in [0.25, 0.3) is 10.0 Å². The van der Waals surface area contributed by atoms with Crippen molar-refractivity contribution in [1.82, 2.24) is 4.57 Å². The minimum atomic E-state index is -3.71. The molecule has 0 aliphatic carbocycles. The molecule has 1 N–H and O–H groups in total. The molecule has 160 valence electrons. The van der Waals surface area contributed by atoms with Crippen LogP contribution in [-0.4, -0.2) is 18.6 Å². The van der Waals surface area contributed by atoms with Gasteiger partial charge in [0.05, 0.1) is 4.90 Å². The summed E-state index contributed by atoms with van der Waals surface area (Å²) in [6.45, 7) is 7.06. The van der Waals surface area contributed by atoms with Crippen LogP contribution in [0.1, 0.15) is 32.8 Å². The monoisotopic (exact) mass is 434 g/mol. The summed E-state index contributed by atoms with van der Waals surface area (Å²) in [6, 6.07) is 19.1. The lowest BCUT2D eigenvalue weighted by Gasteiger charge is -2.32. The molecule has 1 aliphatic rings. The van der Waals surface area contributed by atoms with Crippen molar-refractivity contribution in [3.8, 4) is 5.75 Å². The summed E-state index contributed by atoms with van der Waals surface area (Å²) in [5.41, 5.74) is 3.52. The van der Waals surface area contributed by atoms with E-state index in [0.717, 1.165) is 52.5 Å². The zero-order valence-electron chi connectivity index (χ0n) is 18.0. The van der Waals surface area contributed by atoms with Gasteiger partial charge in [-0.1, -0.05) is 18.2 Å². The van der Waals surface area contributed by atoms with Gasteiger partial charge >= 0.3 is 0 Å². The molecular formula is C25H26N2O3S. The molecule has 0 saturated heterocycles. The highest BCUT2D eigenvalue weighted by molar-refractivity contribution is 7.92. The van der Waals surface area contributed by atoms with E-state index in [4.69, 9.17) is 4.74 Å². The number of nitrogens with one attached hydrogen (secondary N) is 1. The van der Waals surface area contributed by atoms with Gasteiger partial charge in [0.15, 0.2) is 0 Å². The number of anilines is 1. The third-order valence-corrected chi connectivity index (χ3v) is 7.44. The number of hydrogen-bond acceptors (Lipinski definition) is 3. The number of benzene rings is 3. The Morgan fingerprint density at radius 3 is 2.58 bits per heavy atom. The molecule has 0 amide bonds. The number of rotatable bonds is 4. The van der Waals surface area contributed by atoms with Crippen molar-refractivity contribution >= 4 is 37.5 Å². The van der Waals surface area contributed by atoms with Crippen LogP contribution in [0.5, 0.6) is 5.75 Å². The van der Waals surface area contributed by atoms with E-state index in [0.29, 0.717) is 5.69 Å². The lowest BCUT2D eigenvalue weighted by Crippen LogP contribution is -2.32. The summed E-state index contributed by atoms with van der Waals surface area (Å²) in [6.07, 6.45) is 1.66. The van der Waals surface area contributed by atoms with Gasteiger partial charge in [0.2, 0.25) is 0 Å². The first-order valence-electron chi connectivity index (χ1n) is 10.6. The SMILES string of the molecule is CCn1c2ccccc2c2cc(NS(=O)(=O)c3ccc4c(c3)CCC(C)(C)O4)ccc21. The minimum absolute atomic E-state index is 0.223. The van der Waals surface area contributed by atoms with Crippen LogP contribution >= 0.6 is 0 Å². The van der Waals surface area contributed by atoms with Gasteiger partial charge in [-0.15, -0.1) is 0 Å². The average molecular weight is 435 g/mol. The lowest BCUT2D eigenvalue weighted by atomic mass is 9.94. The summed E-state index contributed by atoms with van der Waals surface area (Å²) in [5, 5.41) is 2.16. The van der Waals surface area contributed by atoms with Crippen molar-refractivity contribution in [3.05, 3.63) is 66.2 Å². The highest BCUT2D eigenvalue weighted by atomic mass is 32.2.